The molecule has 0 aliphatic carbocycles. The number of fused-ring (bicyclic) bond motifs is 1. The lowest BCUT2D eigenvalue weighted by atomic mass is 9.80. The molecule has 2 nitrogen and oxygen atoms in total. The standard InChI is InChI=1S/C25H25NO/c1-18-13-14-24-23(15-18)22(21-11-7-4-8-12-21)16-19(2)26(24)25(27)17-20-9-5-3-6-10-20/h3-15,19,22H,16-17H2,1-2H3/t19-,22-/m0/s1. The highest BCUT2D eigenvalue weighted by Gasteiger charge is 2.34. The summed E-state index contributed by atoms with van der Waals surface area (Å²) in [5.74, 6) is 0.502. The summed E-state index contributed by atoms with van der Waals surface area (Å²) in [6, 6.07) is 27.3. The number of aryl methyl sites for hydroxylation is 1. The number of carbonyl (C=O) groups excluding carboxylic acids is 1. The highest BCUT2D eigenvalue weighted by molar-refractivity contribution is 5.97. The molecule has 1 aliphatic heterocycles. The van der Waals surface area contributed by atoms with Gasteiger partial charge in [0.2, 0.25) is 5.91 Å². The zero-order valence-corrected chi connectivity index (χ0v) is 15.9. The van der Waals surface area contributed by atoms with E-state index in [2.05, 4.69) is 62.4 Å². The van der Waals surface area contributed by atoms with Gasteiger partial charge >= 0.3 is 0 Å². The SMILES string of the molecule is Cc1ccc2c(c1)[C@H](c1ccccc1)C[C@H](C)N2C(=O)Cc1ccccc1. The smallest absolute Gasteiger partial charge is 0.231 e. The molecule has 2 heteroatoms. The summed E-state index contributed by atoms with van der Waals surface area (Å²) in [7, 11) is 0. The van der Waals surface area contributed by atoms with Crippen molar-refractivity contribution in [2.75, 3.05) is 4.90 Å². The van der Waals surface area contributed by atoms with Gasteiger partial charge in [-0.1, -0.05) is 78.4 Å². The molecular formula is C25H25NO. The van der Waals surface area contributed by atoms with Gasteiger partial charge in [0, 0.05) is 17.6 Å². The average molecular weight is 355 g/mol. The number of hydrogen-bond donors (Lipinski definition) is 0. The van der Waals surface area contributed by atoms with Crippen LogP contribution in [0.15, 0.2) is 78.9 Å². The number of carbonyl (C=O) groups is 1. The normalized spacial score (nSPS) is 18.8. The van der Waals surface area contributed by atoms with Crippen LogP contribution in [0, 0.1) is 6.92 Å². The minimum absolute atomic E-state index is 0.168. The topological polar surface area (TPSA) is 20.3 Å². The molecule has 27 heavy (non-hydrogen) atoms. The summed E-state index contributed by atoms with van der Waals surface area (Å²) in [4.78, 5) is 15.2. The maximum atomic E-state index is 13.2. The van der Waals surface area contributed by atoms with E-state index in [1.807, 2.05) is 35.2 Å². The number of amides is 1. The molecule has 0 radical (unpaired) electrons. The van der Waals surface area contributed by atoms with Crippen LogP contribution in [0.1, 0.15) is 41.5 Å². The minimum atomic E-state index is 0.168. The molecule has 0 unspecified atom stereocenters. The first-order valence-electron chi connectivity index (χ1n) is 9.65. The first-order valence-corrected chi connectivity index (χ1v) is 9.65. The Kier molecular flexibility index (Phi) is 4.81. The second-order valence-corrected chi connectivity index (χ2v) is 7.54. The molecule has 0 spiro atoms. The zero-order valence-electron chi connectivity index (χ0n) is 15.9. The van der Waals surface area contributed by atoms with E-state index < -0.39 is 0 Å². The Hall–Kier alpha value is -2.87. The third kappa shape index (κ3) is 3.52. The van der Waals surface area contributed by atoms with E-state index in [-0.39, 0.29) is 11.9 Å². The Labute approximate surface area is 161 Å². The number of nitrogens with zero attached hydrogens (tertiary/aromatic N) is 1. The lowest BCUT2D eigenvalue weighted by Gasteiger charge is -2.40. The zero-order chi connectivity index (χ0) is 18.8. The number of benzene rings is 3. The minimum Gasteiger partial charge on any atom is -0.309 e. The summed E-state index contributed by atoms with van der Waals surface area (Å²) in [5, 5.41) is 0. The van der Waals surface area contributed by atoms with Crippen molar-refractivity contribution in [3.63, 3.8) is 0 Å². The van der Waals surface area contributed by atoms with Crippen LogP contribution in [0.25, 0.3) is 0 Å². The van der Waals surface area contributed by atoms with Gasteiger partial charge in [-0.3, -0.25) is 4.79 Å². The number of anilines is 1. The maximum absolute atomic E-state index is 13.2. The van der Waals surface area contributed by atoms with Crippen LogP contribution >= 0.6 is 0 Å². The average Bonchev–Trinajstić information content (AvgIpc) is 2.69. The second-order valence-electron chi connectivity index (χ2n) is 7.54. The van der Waals surface area contributed by atoms with Crippen molar-refractivity contribution in [2.45, 2.75) is 38.6 Å². The Morgan fingerprint density at radius 2 is 1.63 bits per heavy atom. The highest BCUT2D eigenvalue weighted by atomic mass is 16.2. The molecular weight excluding hydrogens is 330 g/mol. The summed E-state index contributed by atoms with van der Waals surface area (Å²) in [6.07, 6.45) is 1.38. The second kappa shape index (κ2) is 7.40. The summed E-state index contributed by atoms with van der Waals surface area (Å²) >= 11 is 0. The van der Waals surface area contributed by atoms with Crippen molar-refractivity contribution in [3.05, 3.63) is 101 Å². The Balaban J connectivity index is 1.72. The Bertz CT molecular complexity index is 933. The Morgan fingerprint density at radius 1 is 0.963 bits per heavy atom. The van der Waals surface area contributed by atoms with Gasteiger partial charge in [0.1, 0.15) is 0 Å². The van der Waals surface area contributed by atoms with Crippen molar-refractivity contribution < 1.29 is 4.79 Å². The van der Waals surface area contributed by atoms with Crippen LogP contribution in [-0.4, -0.2) is 11.9 Å². The van der Waals surface area contributed by atoms with Crippen LogP contribution in [-0.2, 0) is 11.2 Å². The monoisotopic (exact) mass is 355 g/mol. The fourth-order valence-corrected chi connectivity index (χ4v) is 4.22. The summed E-state index contributed by atoms with van der Waals surface area (Å²) in [6.45, 7) is 4.29. The van der Waals surface area contributed by atoms with E-state index in [9.17, 15) is 4.79 Å². The van der Waals surface area contributed by atoms with E-state index in [4.69, 9.17) is 0 Å². The molecule has 2 atom stereocenters. The molecule has 1 aliphatic rings. The van der Waals surface area contributed by atoms with Crippen molar-refractivity contribution in [1.29, 1.82) is 0 Å². The highest BCUT2D eigenvalue weighted by Crippen LogP contribution is 2.42. The maximum Gasteiger partial charge on any atom is 0.231 e. The molecule has 1 amide bonds. The lowest BCUT2D eigenvalue weighted by molar-refractivity contribution is -0.118. The number of hydrogen-bond acceptors (Lipinski definition) is 1. The van der Waals surface area contributed by atoms with Gasteiger partial charge < -0.3 is 4.90 Å². The predicted molar refractivity (Wildman–Crippen MR) is 111 cm³/mol. The molecule has 3 aromatic rings. The van der Waals surface area contributed by atoms with Crippen LogP contribution in [0.2, 0.25) is 0 Å². The predicted octanol–water partition coefficient (Wildman–Crippen LogP) is 5.49. The van der Waals surface area contributed by atoms with E-state index >= 15 is 0 Å². The summed E-state index contributed by atoms with van der Waals surface area (Å²) < 4.78 is 0. The van der Waals surface area contributed by atoms with E-state index in [1.54, 1.807) is 0 Å². The fourth-order valence-electron chi connectivity index (χ4n) is 4.22. The molecule has 0 aromatic heterocycles. The van der Waals surface area contributed by atoms with Crippen molar-refractivity contribution >= 4 is 11.6 Å². The first kappa shape index (κ1) is 17.5. The fraction of sp³-hybridized carbons (Fsp3) is 0.240. The summed E-state index contributed by atoms with van der Waals surface area (Å²) in [5.41, 5.74) is 5.95. The van der Waals surface area contributed by atoms with Crippen molar-refractivity contribution in [2.24, 2.45) is 0 Å². The van der Waals surface area contributed by atoms with Gasteiger partial charge in [0.15, 0.2) is 0 Å². The van der Waals surface area contributed by atoms with E-state index in [1.165, 1.54) is 16.7 Å². The van der Waals surface area contributed by atoms with Crippen LogP contribution in [0.5, 0.6) is 0 Å². The van der Waals surface area contributed by atoms with E-state index in [0.29, 0.717) is 12.3 Å². The quantitative estimate of drug-likeness (QED) is 0.608. The van der Waals surface area contributed by atoms with Gasteiger partial charge in [0.25, 0.3) is 0 Å². The molecule has 0 bridgehead atoms. The van der Waals surface area contributed by atoms with Gasteiger partial charge in [-0.15, -0.1) is 0 Å². The van der Waals surface area contributed by atoms with Gasteiger partial charge in [-0.05, 0) is 43.0 Å². The molecule has 0 N–H and O–H groups in total. The van der Waals surface area contributed by atoms with E-state index in [0.717, 1.165) is 17.7 Å². The number of rotatable bonds is 3. The third-order valence-corrected chi connectivity index (χ3v) is 5.50. The molecule has 136 valence electrons. The molecule has 3 aromatic carbocycles. The van der Waals surface area contributed by atoms with Gasteiger partial charge in [-0.2, -0.15) is 0 Å². The molecule has 0 saturated heterocycles. The molecule has 4 rings (SSSR count). The van der Waals surface area contributed by atoms with Crippen LogP contribution in [0.3, 0.4) is 0 Å². The lowest BCUT2D eigenvalue weighted by Crippen LogP contribution is -2.44. The molecule has 1 heterocycles. The van der Waals surface area contributed by atoms with Crippen LogP contribution in [0.4, 0.5) is 5.69 Å². The molecule has 0 saturated carbocycles. The first-order chi connectivity index (χ1) is 13.1. The van der Waals surface area contributed by atoms with Gasteiger partial charge in [0.05, 0.1) is 6.42 Å². The Morgan fingerprint density at radius 3 is 2.33 bits per heavy atom. The third-order valence-electron chi connectivity index (χ3n) is 5.50. The van der Waals surface area contributed by atoms with Crippen LogP contribution < -0.4 is 4.90 Å². The molecule has 0 fully saturated rings. The van der Waals surface area contributed by atoms with Crippen molar-refractivity contribution in [3.8, 4) is 0 Å². The van der Waals surface area contributed by atoms with Gasteiger partial charge in [-0.25, -0.2) is 0 Å². The van der Waals surface area contributed by atoms with Crippen molar-refractivity contribution in [1.82, 2.24) is 0 Å². The largest absolute Gasteiger partial charge is 0.309 e.